The van der Waals surface area contributed by atoms with Gasteiger partial charge in [-0.15, -0.1) is 0 Å². The molecule has 1 amide bonds. The first-order chi connectivity index (χ1) is 17.6. The summed E-state index contributed by atoms with van der Waals surface area (Å²) in [4.78, 5) is 28.8. The van der Waals surface area contributed by atoms with Gasteiger partial charge in [0.05, 0.1) is 11.6 Å². The normalized spacial score (nSPS) is 17.8. The van der Waals surface area contributed by atoms with E-state index in [-0.39, 0.29) is 22.2 Å². The monoisotopic (exact) mass is 529 g/mol. The molecule has 1 atom stereocenters. The minimum Gasteiger partial charge on any atom is -0.507 e. The van der Waals surface area contributed by atoms with Gasteiger partial charge in [-0.05, 0) is 70.7 Å². The Bertz CT molecular complexity index is 1450. The first-order valence-electron chi connectivity index (χ1n) is 12.9. The van der Waals surface area contributed by atoms with Crippen LogP contribution >= 0.6 is 11.6 Å². The molecule has 1 aliphatic rings. The number of amides is 1. The van der Waals surface area contributed by atoms with Crippen LogP contribution in [0, 0.1) is 13.8 Å². The minimum atomic E-state index is -0.807. The van der Waals surface area contributed by atoms with Crippen molar-refractivity contribution in [2.75, 3.05) is 4.90 Å². The standard InChI is InChI=1S/C33H36ClNO3/c1-19-12-15-23(33(6,7)8)18-24(19)29(36)27-28(21-13-16-22(17-14-21)32(3,4)5)35(31(38)30(27)37)26-11-9-10-25(34)20(26)2/h9-18,28,36H,1-8H3/b29-27+. The van der Waals surface area contributed by atoms with Crippen LogP contribution in [0.2, 0.25) is 5.02 Å². The van der Waals surface area contributed by atoms with Crippen molar-refractivity contribution in [1.29, 1.82) is 0 Å². The summed E-state index contributed by atoms with van der Waals surface area (Å²) < 4.78 is 0. The highest BCUT2D eigenvalue weighted by Gasteiger charge is 2.47. The molecule has 3 aromatic carbocycles. The molecule has 1 heterocycles. The number of aliphatic hydroxyl groups excluding tert-OH is 1. The zero-order valence-electron chi connectivity index (χ0n) is 23.4. The maximum absolute atomic E-state index is 13.7. The van der Waals surface area contributed by atoms with E-state index in [0.29, 0.717) is 21.8 Å². The molecule has 0 spiro atoms. The van der Waals surface area contributed by atoms with Crippen LogP contribution in [0.4, 0.5) is 5.69 Å². The predicted molar refractivity (Wildman–Crippen MR) is 156 cm³/mol. The number of ketones is 1. The third kappa shape index (κ3) is 4.90. The van der Waals surface area contributed by atoms with Crippen molar-refractivity contribution >= 4 is 34.7 Å². The molecule has 3 aromatic rings. The van der Waals surface area contributed by atoms with E-state index in [0.717, 1.165) is 22.3 Å². The Morgan fingerprint density at radius 1 is 0.842 bits per heavy atom. The molecule has 0 bridgehead atoms. The van der Waals surface area contributed by atoms with Crippen LogP contribution in [0.25, 0.3) is 5.76 Å². The third-order valence-corrected chi connectivity index (χ3v) is 7.80. The number of Topliss-reactive ketones (excluding diaryl/α,β-unsaturated/α-hetero) is 1. The van der Waals surface area contributed by atoms with E-state index >= 15 is 0 Å². The molecule has 0 radical (unpaired) electrons. The van der Waals surface area contributed by atoms with Crippen molar-refractivity contribution in [3.05, 3.63) is 105 Å². The van der Waals surface area contributed by atoms with Crippen LogP contribution in [0.3, 0.4) is 0 Å². The lowest BCUT2D eigenvalue weighted by Crippen LogP contribution is -2.30. The number of aliphatic hydroxyl groups is 1. The number of rotatable bonds is 3. The predicted octanol–water partition coefficient (Wildman–Crippen LogP) is 8.18. The Labute approximate surface area is 231 Å². The van der Waals surface area contributed by atoms with E-state index in [1.54, 1.807) is 18.2 Å². The molecule has 5 heteroatoms. The maximum Gasteiger partial charge on any atom is 0.300 e. The van der Waals surface area contributed by atoms with Gasteiger partial charge < -0.3 is 5.11 Å². The Kier molecular flexibility index (Phi) is 7.09. The highest BCUT2D eigenvalue weighted by atomic mass is 35.5. The van der Waals surface area contributed by atoms with E-state index in [4.69, 9.17) is 11.6 Å². The molecule has 1 N–H and O–H groups in total. The molecular formula is C33H36ClNO3. The summed E-state index contributed by atoms with van der Waals surface area (Å²) in [5.41, 5.74) is 5.36. The molecule has 1 fully saturated rings. The van der Waals surface area contributed by atoms with Gasteiger partial charge in [0, 0.05) is 16.3 Å². The van der Waals surface area contributed by atoms with Gasteiger partial charge >= 0.3 is 0 Å². The summed E-state index contributed by atoms with van der Waals surface area (Å²) in [6.07, 6.45) is 0. The number of hydrogen-bond acceptors (Lipinski definition) is 3. The molecule has 4 nitrogen and oxygen atoms in total. The Morgan fingerprint density at radius 3 is 2.00 bits per heavy atom. The van der Waals surface area contributed by atoms with Gasteiger partial charge in [0.1, 0.15) is 5.76 Å². The van der Waals surface area contributed by atoms with Crippen molar-refractivity contribution in [2.24, 2.45) is 0 Å². The van der Waals surface area contributed by atoms with Crippen molar-refractivity contribution in [1.82, 2.24) is 0 Å². The smallest absolute Gasteiger partial charge is 0.300 e. The lowest BCUT2D eigenvalue weighted by molar-refractivity contribution is -0.132. The molecule has 1 aliphatic heterocycles. The molecular weight excluding hydrogens is 494 g/mol. The fourth-order valence-corrected chi connectivity index (χ4v) is 5.08. The van der Waals surface area contributed by atoms with Gasteiger partial charge in [-0.1, -0.05) is 95.6 Å². The van der Waals surface area contributed by atoms with E-state index in [1.165, 1.54) is 4.90 Å². The fraction of sp³-hybridized carbons (Fsp3) is 0.333. The zero-order chi connectivity index (χ0) is 28.2. The molecule has 198 valence electrons. The van der Waals surface area contributed by atoms with Crippen molar-refractivity contribution < 1.29 is 14.7 Å². The van der Waals surface area contributed by atoms with Crippen LogP contribution in [0.5, 0.6) is 0 Å². The van der Waals surface area contributed by atoms with Crippen LogP contribution in [-0.2, 0) is 20.4 Å². The van der Waals surface area contributed by atoms with E-state index in [9.17, 15) is 14.7 Å². The molecule has 0 saturated carbocycles. The van der Waals surface area contributed by atoms with Gasteiger partial charge in [-0.3, -0.25) is 14.5 Å². The third-order valence-electron chi connectivity index (χ3n) is 7.39. The van der Waals surface area contributed by atoms with E-state index < -0.39 is 17.7 Å². The molecule has 0 aliphatic carbocycles. The summed E-state index contributed by atoms with van der Waals surface area (Å²) in [5, 5.41) is 12.2. The quantitative estimate of drug-likeness (QED) is 0.211. The lowest BCUT2D eigenvalue weighted by atomic mass is 9.84. The second kappa shape index (κ2) is 9.74. The van der Waals surface area contributed by atoms with Crippen LogP contribution in [0.15, 0.2) is 66.2 Å². The van der Waals surface area contributed by atoms with Gasteiger partial charge in [0.2, 0.25) is 0 Å². The number of benzene rings is 3. The Hall–Kier alpha value is -3.37. The Balaban J connectivity index is 2.00. The highest BCUT2D eigenvalue weighted by molar-refractivity contribution is 6.52. The maximum atomic E-state index is 13.7. The summed E-state index contributed by atoms with van der Waals surface area (Å²) >= 11 is 6.43. The highest BCUT2D eigenvalue weighted by Crippen LogP contribution is 2.45. The summed E-state index contributed by atoms with van der Waals surface area (Å²) in [7, 11) is 0. The Morgan fingerprint density at radius 2 is 1.42 bits per heavy atom. The van der Waals surface area contributed by atoms with Gasteiger partial charge in [-0.25, -0.2) is 0 Å². The summed E-state index contributed by atoms with van der Waals surface area (Å²) in [6.45, 7) is 16.4. The van der Waals surface area contributed by atoms with Gasteiger partial charge in [0.15, 0.2) is 0 Å². The number of anilines is 1. The number of nitrogens with zero attached hydrogens (tertiary/aromatic N) is 1. The largest absolute Gasteiger partial charge is 0.507 e. The topological polar surface area (TPSA) is 57.6 Å². The first-order valence-corrected chi connectivity index (χ1v) is 13.3. The van der Waals surface area contributed by atoms with E-state index in [1.807, 2.05) is 56.3 Å². The number of hydrogen-bond donors (Lipinski definition) is 1. The van der Waals surface area contributed by atoms with Crippen LogP contribution in [-0.4, -0.2) is 16.8 Å². The second-order valence-electron chi connectivity index (χ2n) is 12.2. The lowest BCUT2D eigenvalue weighted by Gasteiger charge is -2.28. The fourth-order valence-electron chi connectivity index (χ4n) is 4.91. The van der Waals surface area contributed by atoms with Gasteiger partial charge in [0.25, 0.3) is 11.7 Å². The zero-order valence-corrected chi connectivity index (χ0v) is 24.2. The number of carbonyl (C=O) groups is 2. The number of aryl methyl sites for hydroxylation is 1. The molecule has 38 heavy (non-hydrogen) atoms. The molecule has 4 rings (SSSR count). The van der Waals surface area contributed by atoms with Gasteiger partial charge in [-0.2, -0.15) is 0 Å². The van der Waals surface area contributed by atoms with Crippen molar-refractivity contribution in [3.63, 3.8) is 0 Å². The van der Waals surface area contributed by atoms with Crippen molar-refractivity contribution in [3.8, 4) is 0 Å². The van der Waals surface area contributed by atoms with E-state index in [2.05, 4.69) is 41.5 Å². The van der Waals surface area contributed by atoms with Crippen LogP contribution < -0.4 is 4.90 Å². The number of carbonyl (C=O) groups excluding carboxylic acids is 2. The SMILES string of the molecule is Cc1ccc(C(C)(C)C)cc1/C(O)=C1\C(=O)C(=O)N(c2cccc(Cl)c2C)C1c1ccc(C(C)(C)C)cc1. The second-order valence-corrected chi connectivity index (χ2v) is 12.6. The molecule has 0 aromatic heterocycles. The molecule has 1 unspecified atom stereocenters. The average molecular weight is 530 g/mol. The minimum absolute atomic E-state index is 0.0611. The summed E-state index contributed by atoms with van der Waals surface area (Å²) in [5.74, 6) is -1.57. The average Bonchev–Trinajstić information content (AvgIpc) is 3.10. The first kappa shape index (κ1) is 27.7. The van der Waals surface area contributed by atoms with Crippen molar-refractivity contribution in [2.45, 2.75) is 72.3 Å². The summed E-state index contributed by atoms with van der Waals surface area (Å²) in [6, 6.07) is 18.3. The number of halogens is 1. The molecule has 1 saturated heterocycles. The van der Waals surface area contributed by atoms with Crippen LogP contribution in [0.1, 0.15) is 81.0 Å².